The van der Waals surface area contributed by atoms with Crippen molar-refractivity contribution in [3.63, 3.8) is 0 Å². The van der Waals surface area contributed by atoms with Crippen LogP contribution >= 0.6 is 0 Å². The first-order valence-corrected chi connectivity index (χ1v) is 16.4. The van der Waals surface area contributed by atoms with Crippen LogP contribution in [-0.2, 0) is 55.0 Å². The third-order valence-corrected chi connectivity index (χ3v) is 8.34. The van der Waals surface area contributed by atoms with Gasteiger partial charge in [0.25, 0.3) is 0 Å². The summed E-state index contributed by atoms with van der Waals surface area (Å²) in [4.78, 5) is 67.2. The molecule has 261 valence electrons. The summed E-state index contributed by atoms with van der Waals surface area (Å²) >= 11 is 0. The number of hydrogen-bond donors (Lipinski definition) is 1. The molecule has 0 aromatic rings. The fraction of sp³-hybridized carbons (Fsp3) is 0.824. The standard InChI is InChI=1S/3C10H18O3.C4H10O.Zr/c3*1-4-7-8(11)10(5-2,6-3)9(12)13;1-2-3-4-5;/h3*4-7H2,1-3H3,(H,12,13);5H,2-4H2,1H3;/q;;;;+3/p-3. The first-order valence-electron chi connectivity index (χ1n) is 16.4. The molecule has 0 atom stereocenters. The van der Waals surface area contributed by atoms with Gasteiger partial charge in [-0.15, -0.1) is 0 Å². The minimum atomic E-state index is -1.24. The van der Waals surface area contributed by atoms with Crippen LogP contribution in [0.4, 0.5) is 0 Å². The van der Waals surface area contributed by atoms with Crippen molar-refractivity contribution in [3.8, 4) is 0 Å². The summed E-state index contributed by atoms with van der Waals surface area (Å²) in [5.74, 6) is -4.26. The van der Waals surface area contributed by atoms with E-state index in [4.69, 9.17) is 5.11 Å². The summed E-state index contributed by atoms with van der Waals surface area (Å²) in [6, 6.07) is 0. The molecule has 0 aromatic heterocycles. The van der Waals surface area contributed by atoms with Crippen molar-refractivity contribution in [2.75, 3.05) is 6.61 Å². The van der Waals surface area contributed by atoms with E-state index in [2.05, 4.69) is 6.92 Å². The molecule has 0 aliphatic carbocycles. The first-order chi connectivity index (χ1) is 20.6. The molecule has 0 aliphatic rings. The van der Waals surface area contributed by atoms with E-state index < -0.39 is 34.2 Å². The van der Waals surface area contributed by atoms with Crippen LogP contribution in [-0.4, -0.2) is 47.0 Å². The summed E-state index contributed by atoms with van der Waals surface area (Å²) in [5, 5.41) is 40.7. The molecule has 0 saturated heterocycles. The van der Waals surface area contributed by atoms with Gasteiger partial charge in [-0.25, -0.2) is 0 Å². The van der Waals surface area contributed by atoms with Crippen LogP contribution in [0.25, 0.3) is 0 Å². The number of rotatable bonds is 20. The Labute approximate surface area is 291 Å². The zero-order chi connectivity index (χ0) is 35.6. The van der Waals surface area contributed by atoms with Gasteiger partial charge in [0.05, 0.1) is 34.2 Å². The molecule has 0 aromatic carbocycles. The zero-order valence-electron chi connectivity index (χ0n) is 29.7. The largest absolute Gasteiger partial charge is 3.00 e. The van der Waals surface area contributed by atoms with Crippen LogP contribution in [0.5, 0.6) is 0 Å². The van der Waals surface area contributed by atoms with Gasteiger partial charge in [-0.1, -0.05) is 75.7 Å². The molecule has 0 aliphatic heterocycles. The number of carbonyl (C=O) groups is 6. The van der Waals surface area contributed by atoms with Gasteiger partial charge in [0.2, 0.25) is 0 Å². The predicted molar refractivity (Wildman–Crippen MR) is 166 cm³/mol. The summed E-state index contributed by atoms with van der Waals surface area (Å²) < 4.78 is 0. The molecule has 1 radical (unpaired) electrons. The van der Waals surface area contributed by atoms with Crippen molar-refractivity contribution in [3.05, 3.63) is 0 Å². The van der Waals surface area contributed by atoms with E-state index in [9.17, 15) is 44.1 Å². The molecule has 0 saturated carbocycles. The van der Waals surface area contributed by atoms with Gasteiger partial charge in [0.15, 0.2) is 0 Å². The number of aliphatic hydroxyl groups excluding tert-OH is 1. The van der Waals surface area contributed by atoms with E-state index in [1.807, 2.05) is 20.8 Å². The second kappa shape index (κ2) is 29.7. The molecule has 11 heteroatoms. The maximum absolute atomic E-state index is 11.5. The Morgan fingerprint density at radius 2 is 0.644 bits per heavy atom. The van der Waals surface area contributed by atoms with Crippen molar-refractivity contribution in [2.45, 2.75) is 159 Å². The maximum atomic E-state index is 11.5. The van der Waals surface area contributed by atoms with E-state index in [-0.39, 0.29) is 43.6 Å². The van der Waals surface area contributed by atoms with Crippen LogP contribution in [0.1, 0.15) is 159 Å². The SMILES string of the molecule is CCCC(=O)C(CC)(CC)C(=O)[O-].CCCC(=O)C(CC)(CC)C(=O)[O-].CCCC(=O)C(CC)(CC)C(=O)[O-].CCCCO.[Zr+3]. The van der Waals surface area contributed by atoms with Gasteiger partial charge in [-0.05, 0) is 64.2 Å². The Morgan fingerprint density at radius 1 is 0.444 bits per heavy atom. The third kappa shape index (κ3) is 17.1. The molecule has 0 spiro atoms. The molecular weight excluding hydrogens is 660 g/mol. The monoisotopic (exact) mass is 719 g/mol. The average Bonchev–Trinajstić information content (AvgIpc) is 2.97. The molecule has 0 unspecified atom stereocenters. The number of carboxylic acid groups (broad SMARTS) is 3. The Kier molecular flexibility index (Phi) is 34.8. The minimum absolute atomic E-state index is 0. The van der Waals surface area contributed by atoms with E-state index >= 15 is 0 Å². The number of aliphatic hydroxyl groups is 1. The Bertz CT molecular complexity index is 735. The number of hydrogen-bond acceptors (Lipinski definition) is 10. The van der Waals surface area contributed by atoms with Crippen molar-refractivity contribution in [1.82, 2.24) is 0 Å². The topological polar surface area (TPSA) is 192 Å². The summed E-state index contributed by atoms with van der Waals surface area (Å²) in [6.07, 6.45) is 7.03. The van der Waals surface area contributed by atoms with Gasteiger partial charge in [-0.2, -0.15) is 0 Å². The number of carboxylic acids is 3. The molecule has 0 bridgehead atoms. The Hall–Kier alpha value is -1.74. The molecule has 45 heavy (non-hydrogen) atoms. The van der Waals surface area contributed by atoms with Crippen LogP contribution in [0.15, 0.2) is 0 Å². The molecule has 0 rings (SSSR count). The molecule has 0 heterocycles. The Balaban J connectivity index is -0.000000163. The maximum Gasteiger partial charge on any atom is 3.00 e. The Morgan fingerprint density at radius 3 is 0.711 bits per heavy atom. The predicted octanol–water partition coefficient (Wildman–Crippen LogP) is 3.51. The summed E-state index contributed by atoms with van der Waals surface area (Å²) in [6.45, 7) is 18.3. The number of unbranched alkanes of at least 4 members (excludes halogenated alkanes) is 1. The second-order valence-electron chi connectivity index (χ2n) is 10.8. The number of ketones is 3. The van der Waals surface area contributed by atoms with Gasteiger partial charge in [-0.3, -0.25) is 14.4 Å². The fourth-order valence-electron chi connectivity index (χ4n) is 4.70. The fourth-order valence-corrected chi connectivity index (χ4v) is 4.70. The van der Waals surface area contributed by atoms with Crippen LogP contribution in [0, 0.1) is 16.2 Å². The molecule has 0 amide bonds. The smallest absolute Gasteiger partial charge is 0.549 e. The van der Waals surface area contributed by atoms with Gasteiger partial charge < -0.3 is 34.8 Å². The zero-order valence-corrected chi connectivity index (χ0v) is 32.2. The number of carbonyl (C=O) groups excluding carboxylic acids is 6. The second-order valence-corrected chi connectivity index (χ2v) is 10.8. The van der Waals surface area contributed by atoms with E-state index in [0.29, 0.717) is 83.7 Å². The van der Waals surface area contributed by atoms with Crippen molar-refractivity contribution < 1.29 is 75.4 Å². The normalized spacial score (nSPS) is 10.7. The van der Waals surface area contributed by atoms with Gasteiger partial charge in [0.1, 0.15) is 17.3 Å². The number of aliphatic carboxylic acids is 3. The van der Waals surface area contributed by atoms with E-state index in [0.717, 1.165) is 12.8 Å². The van der Waals surface area contributed by atoms with Crippen molar-refractivity contribution in [2.24, 2.45) is 16.2 Å². The summed E-state index contributed by atoms with van der Waals surface area (Å²) in [5.41, 5.74) is -3.72. The van der Waals surface area contributed by atoms with E-state index in [1.54, 1.807) is 41.5 Å². The third-order valence-electron chi connectivity index (χ3n) is 8.34. The molecule has 1 N–H and O–H groups in total. The summed E-state index contributed by atoms with van der Waals surface area (Å²) in [7, 11) is 0. The van der Waals surface area contributed by atoms with Crippen LogP contribution in [0.2, 0.25) is 0 Å². The first kappa shape index (κ1) is 52.8. The molecular formula is C34H61O10Zr. The quantitative estimate of drug-likeness (QED) is 0.182. The number of Topliss-reactive ketones (excluding diaryl/α,β-unsaturated/α-hetero) is 3. The van der Waals surface area contributed by atoms with Gasteiger partial charge >= 0.3 is 26.2 Å². The molecule has 0 fully saturated rings. The van der Waals surface area contributed by atoms with Crippen LogP contribution < -0.4 is 15.3 Å². The van der Waals surface area contributed by atoms with Crippen LogP contribution in [0.3, 0.4) is 0 Å². The van der Waals surface area contributed by atoms with Gasteiger partial charge in [0, 0.05) is 25.9 Å². The van der Waals surface area contributed by atoms with E-state index in [1.165, 1.54) is 0 Å². The minimum Gasteiger partial charge on any atom is -0.549 e. The van der Waals surface area contributed by atoms with Crippen molar-refractivity contribution in [1.29, 1.82) is 0 Å². The molecule has 10 nitrogen and oxygen atoms in total. The average molecular weight is 721 g/mol. The van der Waals surface area contributed by atoms with Crippen molar-refractivity contribution >= 4 is 35.3 Å².